The van der Waals surface area contributed by atoms with Gasteiger partial charge in [-0.05, 0) is 39.0 Å². The molecule has 0 aromatic rings. The Hall–Kier alpha value is -1.86. The number of cyclic esters (lactones) is 2. The molecule has 1 aliphatic heterocycles. The van der Waals surface area contributed by atoms with Crippen LogP contribution in [0.25, 0.3) is 0 Å². The monoisotopic (exact) mass is 826 g/mol. The lowest BCUT2D eigenvalue weighted by Gasteiger charge is -2.31. The third-order valence-corrected chi connectivity index (χ3v) is 18.1. The molecule has 0 bridgehead atoms. The van der Waals surface area contributed by atoms with Crippen LogP contribution in [-0.4, -0.2) is 143 Å². The second kappa shape index (κ2) is 20.6. The molecule has 22 nitrogen and oxygen atoms in total. The van der Waals surface area contributed by atoms with Gasteiger partial charge in [0, 0.05) is 42.6 Å². The zero-order chi connectivity index (χ0) is 39.3. The van der Waals surface area contributed by atoms with E-state index in [1.807, 2.05) is 0 Å². The zero-order valence-electron chi connectivity index (χ0n) is 28.6. The highest BCUT2D eigenvalue weighted by Gasteiger charge is 2.61. The first kappa shape index (κ1) is 47.2. The molecule has 1 rings (SSSR count). The number of nitrogens with one attached hydrogen (secondary N) is 2. The Labute approximate surface area is 299 Å². The summed E-state index contributed by atoms with van der Waals surface area (Å²) in [6.07, 6.45) is 1.76. The van der Waals surface area contributed by atoms with E-state index in [1.54, 1.807) is 20.8 Å². The van der Waals surface area contributed by atoms with Crippen LogP contribution in [0.3, 0.4) is 0 Å². The fourth-order valence-corrected chi connectivity index (χ4v) is 14.1. The highest BCUT2D eigenvalue weighted by Crippen LogP contribution is 2.20. The van der Waals surface area contributed by atoms with Crippen molar-refractivity contribution < 1.29 is 93.1 Å². The van der Waals surface area contributed by atoms with Gasteiger partial charge in [-0.3, -0.25) is 14.4 Å². The maximum atomic E-state index is 12.4. The molecule has 2 amide bonds. The Bertz CT molecular complexity index is 1210. The van der Waals surface area contributed by atoms with Gasteiger partial charge in [0.1, 0.15) is 13.2 Å². The molecule has 0 aromatic carbocycles. The molecule has 1 aliphatic rings. The normalized spacial score (nSPS) is 29.9. The minimum absolute atomic E-state index is 0.116. The van der Waals surface area contributed by atoms with Crippen molar-refractivity contribution in [3.05, 3.63) is 11.6 Å². The predicted octanol–water partition coefficient (Wildman–Crippen LogP) is -4.70. The summed E-state index contributed by atoms with van der Waals surface area (Å²) in [6.45, 7) is 5.47. The summed E-state index contributed by atoms with van der Waals surface area (Å²) >= 11 is 0. The fourth-order valence-electron chi connectivity index (χ4n) is 4.17. The first-order valence-electron chi connectivity index (χ1n) is 15.9. The van der Waals surface area contributed by atoms with E-state index in [2.05, 4.69) is 27.1 Å². The van der Waals surface area contributed by atoms with Crippen LogP contribution in [0.1, 0.15) is 59.8 Å². The SMILES string of the molecule is C/C1=C\CC(C)C(=O)NCCC[Si](O)(O)O[Si](O)(O)O[Si](O)(O)O[Si](O)(O)O[Si](O)(O)CCCNC(=O)C(C)CCC(C)C(=O)OCCOC1=O. The topological polar surface area (TPSA) is 350 Å². The van der Waals surface area contributed by atoms with Gasteiger partial charge >= 0.3 is 56.7 Å². The third-order valence-electron chi connectivity index (χ3n) is 7.07. The number of hydrogen-bond donors (Lipinski definition) is 12. The molecule has 3 unspecified atom stereocenters. The predicted molar refractivity (Wildman–Crippen MR) is 177 cm³/mol. The lowest BCUT2D eigenvalue weighted by molar-refractivity contribution is -0.153. The van der Waals surface area contributed by atoms with Crippen LogP contribution >= 0.6 is 0 Å². The second-order valence-electron chi connectivity index (χ2n) is 12.0. The van der Waals surface area contributed by atoms with E-state index in [9.17, 15) is 67.1 Å². The van der Waals surface area contributed by atoms with Gasteiger partial charge in [0.2, 0.25) is 11.8 Å². The van der Waals surface area contributed by atoms with E-state index >= 15 is 0 Å². The van der Waals surface area contributed by atoms with Crippen LogP contribution in [0.15, 0.2) is 11.6 Å². The van der Waals surface area contributed by atoms with E-state index < -0.39 is 98.3 Å². The number of carbonyl (C=O) groups is 4. The Morgan fingerprint density at radius 2 is 1.02 bits per heavy atom. The minimum atomic E-state index is -6.06. The molecule has 0 saturated carbocycles. The van der Waals surface area contributed by atoms with Crippen LogP contribution < -0.4 is 10.6 Å². The average molecular weight is 827 g/mol. The largest absolute Gasteiger partial charge is 0.662 e. The molecule has 0 aliphatic carbocycles. The third kappa shape index (κ3) is 20.3. The van der Waals surface area contributed by atoms with Crippen molar-refractivity contribution in [2.75, 3.05) is 26.3 Å². The summed E-state index contributed by atoms with van der Waals surface area (Å²) < 4.78 is 27.3. The molecule has 0 radical (unpaired) electrons. The van der Waals surface area contributed by atoms with E-state index in [-0.39, 0.29) is 64.0 Å². The molecule has 0 fully saturated rings. The van der Waals surface area contributed by atoms with Crippen molar-refractivity contribution in [2.24, 2.45) is 17.8 Å². The van der Waals surface area contributed by atoms with Gasteiger partial charge in [0.05, 0.1) is 5.92 Å². The highest BCUT2D eigenvalue weighted by atomic mass is 28.5. The lowest BCUT2D eigenvalue weighted by Crippen LogP contribution is -2.66. The number of esters is 2. The van der Waals surface area contributed by atoms with Crippen molar-refractivity contribution >= 4 is 68.5 Å². The van der Waals surface area contributed by atoms with Crippen LogP contribution in [-0.2, 0) is 45.1 Å². The number of allylic oxidation sites excluding steroid dienone is 1. The molecule has 1 heterocycles. The maximum absolute atomic E-state index is 12.4. The molecule has 3 atom stereocenters. The Kier molecular flexibility index (Phi) is 19.0. The van der Waals surface area contributed by atoms with Crippen LogP contribution in [0.5, 0.6) is 0 Å². The number of hydrogen-bond acceptors (Lipinski definition) is 20. The van der Waals surface area contributed by atoms with Crippen LogP contribution in [0.2, 0.25) is 12.1 Å². The second-order valence-corrected chi connectivity index (χ2v) is 22.6. The molecule has 51 heavy (non-hydrogen) atoms. The lowest BCUT2D eigenvalue weighted by atomic mass is 9.97. The fraction of sp³-hybridized carbons (Fsp3) is 0.750. The van der Waals surface area contributed by atoms with Crippen molar-refractivity contribution in [2.45, 2.75) is 71.9 Å². The summed E-state index contributed by atoms with van der Waals surface area (Å²) in [5, 5.41) is 5.02. The van der Waals surface area contributed by atoms with Crippen LogP contribution in [0.4, 0.5) is 0 Å². The van der Waals surface area contributed by atoms with Crippen molar-refractivity contribution in [1.29, 1.82) is 0 Å². The van der Waals surface area contributed by atoms with E-state index in [4.69, 9.17) is 9.47 Å². The number of rotatable bonds is 0. The minimum Gasteiger partial charge on any atom is -0.462 e. The number of amides is 2. The molecular formula is C24H50N2O20Si5. The van der Waals surface area contributed by atoms with Crippen molar-refractivity contribution in [3.8, 4) is 0 Å². The first-order valence-corrected chi connectivity index (χ1v) is 25.0. The molecule has 12 N–H and O–H groups in total. The Morgan fingerprint density at radius 3 is 1.51 bits per heavy atom. The first-order chi connectivity index (χ1) is 23.3. The zero-order valence-corrected chi connectivity index (χ0v) is 33.6. The summed E-state index contributed by atoms with van der Waals surface area (Å²) in [5.41, 5.74) is 0.190. The van der Waals surface area contributed by atoms with E-state index in [1.165, 1.54) is 13.0 Å². The number of carbonyl (C=O) groups excluding carboxylic acids is 4. The molecule has 0 aromatic heterocycles. The molecule has 0 spiro atoms. The summed E-state index contributed by atoms with van der Waals surface area (Å²) in [5.74, 6) is -4.03. The summed E-state index contributed by atoms with van der Waals surface area (Å²) in [6, 6.07) is -1.33. The number of ether oxygens (including phenoxy) is 2. The maximum Gasteiger partial charge on any atom is 0.662 e. The van der Waals surface area contributed by atoms with Crippen molar-refractivity contribution in [1.82, 2.24) is 10.6 Å². The quantitative estimate of drug-likeness (QED) is 0.0806. The average Bonchev–Trinajstić information content (AvgIpc) is 2.97. The molecule has 0 saturated heterocycles. The van der Waals surface area contributed by atoms with Crippen molar-refractivity contribution in [3.63, 3.8) is 0 Å². The molecule has 296 valence electrons. The molecular weight excluding hydrogens is 777 g/mol. The Balaban J connectivity index is 2.99. The van der Waals surface area contributed by atoms with Crippen LogP contribution in [0, 0.1) is 17.8 Å². The van der Waals surface area contributed by atoms with E-state index in [0.29, 0.717) is 0 Å². The highest BCUT2D eigenvalue weighted by molar-refractivity contribution is 6.78. The van der Waals surface area contributed by atoms with Gasteiger partial charge in [0.15, 0.2) is 0 Å². The van der Waals surface area contributed by atoms with Gasteiger partial charge in [-0.15, -0.1) is 0 Å². The molecule has 27 heteroatoms. The van der Waals surface area contributed by atoms with Gasteiger partial charge in [-0.25, -0.2) is 4.79 Å². The van der Waals surface area contributed by atoms with E-state index in [0.717, 1.165) is 0 Å². The van der Waals surface area contributed by atoms with Gasteiger partial charge in [-0.2, -0.15) is 0 Å². The smallest absolute Gasteiger partial charge is 0.462 e. The standard InChI is InChI=1S/C24H50N2O20Si5/c1-17-7-9-19(3)23(29)41-13-14-42-24(30)20(4)10-8-18(2)22(28)26-12-6-16-48(33,34)44-50(37,38)46-51(39,40)45-49(35,36)43-47(31,32)15-5-11-25-21(17)27/h9,17-18,20,31-40H,5-8,10-16H2,1-4H3,(H,25,27)(H,26,28)/b19-9+. The Morgan fingerprint density at radius 1 is 0.608 bits per heavy atom. The summed E-state index contributed by atoms with van der Waals surface area (Å²) in [4.78, 5) is 150. The van der Waals surface area contributed by atoms with Gasteiger partial charge < -0.3 is 84.5 Å². The van der Waals surface area contributed by atoms with Gasteiger partial charge in [0.25, 0.3) is 0 Å². The summed E-state index contributed by atoms with van der Waals surface area (Å²) in [7, 11) is -27.9. The van der Waals surface area contributed by atoms with Gasteiger partial charge in [-0.1, -0.05) is 26.8 Å².